The molecule has 1 N–H and O–H groups in total. The number of nitrogens with zero attached hydrogens (tertiary/aromatic N) is 1. The van der Waals surface area contributed by atoms with Crippen LogP contribution in [0.1, 0.15) is 13.3 Å². The maximum absolute atomic E-state index is 7.48. The van der Waals surface area contributed by atoms with Gasteiger partial charge in [0.25, 0.3) is 0 Å². The summed E-state index contributed by atoms with van der Waals surface area (Å²) < 4.78 is 0. The molecule has 0 amide bonds. The third-order valence-corrected chi connectivity index (χ3v) is 1.98. The lowest BCUT2D eigenvalue weighted by Gasteiger charge is -2.27. The Morgan fingerprint density at radius 1 is 1.67 bits per heavy atom. The Kier molecular flexibility index (Phi) is 1.86. The number of hydrogen-bond donors (Lipinski definition) is 1. The molecule has 0 spiro atoms. The van der Waals surface area contributed by atoms with Gasteiger partial charge in [0, 0.05) is 12.3 Å². The highest BCUT2D eigenvalue weighted by atomic mass is 15.1. The van der Waals surface area contributed by atoms with Gasteiger partial charge in [0.2, 0.25) is 0 Å². The first kappa shape index (κ1) is 6.75. The van der Waals surface area contributed by atoms with Crippen molar-refractivity contribution in [2.24, 2.45) is 5.92 Å². The fraction of sp³-hybridized carbons (Fsp3) is 0.857. The predicted octanol–water partition coefficient (Wildman–Crippen LogP) is 0.978. The smallest absolute Gasteiger partial charge is 0.0360 e. The van der Waals surface area contributed by atoms with Crippen molar-refractivity contribution in [2.45, 2.75) is 13.3 Å². The van der Waals surface area contributed by atoms with Gasteiger partial charge in [-0.2, -0.15) is 0 Å². The van der Waals surface area contributed by atoms with Gasteiger partial charge in [0.15, 0.2) is 0 Å². The minimum atomic E-state index is 0.529. The predicted molar refractivity (Wildman–Crippen MR) is 39.0 cm³/mol. The molecule has 52 valence electrons. The van der Waals surface area contributed by atoms with E-state index in [0.29, 0.717) is 5.92 Å². The van der Waals surface area contributed by atoms with Crippen molar-refractivity contribution >= 4 is 5.71 Å². The average Bonchev–Trinajstić information content (AvgIpc) is 1.80. The monoisotopic (exact) mass is 126 g/mol. The van der Waals surface area contributed by atoms with E-state index < -0.39 is 0 Å². The largest absolute Gasteiger partial charge is 0.308 e. The molecule has 1 aliphatic rings. The van der Waals surface area contributed by atoms with E-state index in [9.17, 15) is 0 Å². The van der Waals surface area contributed by atoms with Gasteiger partial charge in [-0.05, 0) is 25.9 Å². The molecule has 9 heavy (non-hydrogen) atoms. The lowest BCUT2D eigenvalue weighted by Crippen LogP contribution is -2.36. The van der Waals surface area contributed by atoms with Crippen LogP contribution in [0.25, 0.3) is 0 Å². The molecule has 0 radical (unpaired) electrons. The van der Waals surface area contributed by atoms with E-state index in [2.05, 4.69) is 18.9 Å². The van der Waals surface area contributed by atoms with Crippen molar-refractivity contribution in [2.75, 3.05) is 20.1 Å². The van der Waals surface area contributed by atoms with E-state index in [4.69, 9.17) is 5.41 Å². The summed E-state index contributed by atoms with van der Waals surface area (Å²) in [7, 11) is 2.07. The van der Waals surface area contributed by atoms with Crippen molar-refractivity contribution in [1.29, 1.82) is 5.41 Å². The van der Waals surface area contributed by atoms with Gasteiger partial charge in [0.05, 0.1) is 0 Å². The number of hydrogen-bond acceptors (Lipinski definition) is 2. The van der Waals surface area contributed by atoms with Crippen LogP contribution in [0.3, 0.4) is 0 Å². The summed E-state index contributed by atoms with van der Waals surface area (Å²) in [5.41, 5.74) is 0.892. The lowest BCUT2D eigenvalue weighted by molar-refractivity contribution is 0.326. The molecule has 0 aromatic rings. The SMILES string of the molecule is CC1CCN(C)CC1=N. The van der Waals surface area contributed by atoms with Crippen molar-refractivity contribution in [3.8, 4) is 0 Å². The molecule has 0 bridgehead atoms. The highest BCUT2D eigenvalue weighted by molar-refractivity contribution is 5.85. The molecule has 1 unspecified atom stereocenters. The van der Waals surface area contributed by atoms with Crippen LogP contribution >= 0.6 is 0 Å². The first-order valence-electron chi connectivity index (χ1n) is 3.46. The zero-order valence-corrected chi connectivity index (χ0v) is 6.15. The first-order chi connectivity index (χ1) is 4.20. The topological polar surface area (TPSA) is 27.1 Å². The highest BCUT2D eigenvalue weighted by Crippen LogP contribution is 2.10. The molecule has 0 aromatic heterocycles. The maximum atomic E-state index is 7.48. The van der Waals surface area contributed by atoms with Crippen molar-refractivity contribution in [1.82, 2.24) is 4.90 Å². The van der Waals surface area contributed by atoms with E-state index in [-0.39, 0.29) is 0 Å². The standard InChI is InChI=1S/C7H14N2/c1-6-3-4-9(2)5-7(6)8/h6,8H,3-5H2,1-2H3. The molecule has 0 aromatic carbocycles. The van der Waals surface area contributed by atoms with E-state index in [0.717, 1.165) is 25.2 Å². The first-order valence-corrected chi connectivity index (χ1v) is 3.46. The molecule has 1 heterocycles. The second kappa shape index (κ2) is 2.48. The van der Waals surface area contributed by atoms with Crippen LogP contribution in [0.5, 0.6) is 0 Å². The Morgan fingerprint density at radius 3 is 2.78 bits per heavy atom. The molecule has 1 aliphatic heterocycles. The van der Waals surface area contributed by atoms with Crippen molar-refractivity contribution < 1.29 is 0 Å². The van der Waals surface area contributed by atoms with Crippen LogP contribution in [0.15, 0.2) is 0 Å². The van der Waals surface area contributed by atoms with Crippen molar-refractivity contribution in [3.63, 3.8) is 0 Å². The molecule has 2 heteroatoms. The van der Waals surface area contributed by atoms with Gasteiger partial charge in [0.1, 0.15) is 0 Å². The molecule has 2 nitrogen and oxygen atoms in total. The minimum absolute atomic E-state index is 0.529. The number of likely N-dealkylation sites (tertiary alicyclic amines) is 1. The third kappa shape index (κ3) is 1.52. The molecular weight excluding hydrogens is 112 g/mol. The summed E-state index contributed by atoms with van der Waals surface area (Å²) in [6, 6.07) is 0. The molecule has 0 saturated carbocycles. The third-order valence-electron chi connectivity index (χ3n) is 1.98. The Balaban J connectivity index is 2.44. The lowest BCUT2D eigenvalue weighted by atomic mass is 9.97. The number of nitrogens with one attached hydrogen (secondary N) is 1. The molecule has 1 fully saturated rings. The van der Waals surface area contributed by atoms with Crippen LogP contribution in [-0.4, -0.2) is 30.7 Å². The van der Waals surface area contributed by atoms with Crippen molar-refractivity contribution in [3.05, 3.63) is 0 Å². The average molecular weight is 126 g/mol. The molecule has 1 rings (SSSR count). The number of piperidine rings is 1. The van der Waals surface area contributed by atoms with Crippen LogP contribution in [-0.2, 0) is 0 Å². The van der Waals surface area contributed by atoms with Crippen LogP contribution in [0, 0.1) is 11.3 Å². The van der Waals surface area contributed by atoms with E-state index >= 15 is 0 Å². The van der Waals surface area contributed by atoms with Crippen LogP contribution in [0.4, 0.5) is 0 Å². The molecule has 1 saturated heterocycles. The Hall–Kier alpha value is -0.370. The molecular formula is C7H14N2. The van der Waals surface area contributed by atoms with Gasteiger partial charge in [-0.1, -0.05) is 6.92 Å². The van der Waals surface area contributed by atoms with Crippen LogP contribution < -0.4 is 0 Å². The second-order valence-electron chi connectivity index (χ2n) is 2.95. The van der Waals surface area contributed by atoms with Gasteiger partial charge in [-0.25, -0.2) is 0 Å². The Labute approximate surface area is 56.4 Å². The summed E-state index contributed by atoms with van der Waals surface area (Å²) in [6.45, 7) is 4.17. The molecule has 0 aliphatic carbocycles. The van der Waals surface area contributed by atoms with E-state index in [1.807, 2.05) is 0 Å². The minimum Gasteiger partial charge on any atom is -0.308 e. The summed E-state index contributed by atoms with van der Waals surface area (Å²) in [4.78, 5) is 2.20. The fourth-order valence-electron chi connectivity index (χ4n) is 1.11. The van der Waals surface area contributed by atoms with E-state index in [1.54, 1.807) is 0 Å². The normalized spacial score (nSPS) is 30.9. The van der Waals surface area contributed by atoms with Crippen LogP contribution in [0.2, 0.25) is 0 Å². The summed E-state index contributed by atoms with van der Waals surface area (Å²) in [6.07, 6.45) is 1.16. The van der Waals surface area contributed by atoms with Gasteiger partial charge >= 0.3 is 0 Å². The summed E-state index contributed by atoms with van der Waals surface area (Å²) >= 11 is 0. The second-order valence-corrected chi connectivity index (χ2v) is 2.95. The number of rotatable bonds is 0. The Bertz CT molecular complexity index is 120. The van der Waals surface area contributed by atoms with Gasteiger partial charge in [-0.3, -0.25) is 0 Å². The zero-order chi connectivity index (χ0) is 6.85. The van der Waals surface area contributed by atoms with Gasteiger partial charge in [-0.15, -0.1) is 0 Å². The summed E-state index contributed by atoms with van der Waals surface area (Å²) in [5.74, 6) is 0.529. The maximum Gasteiger partial charge on any atom is 0.0360 e. The quantitative estimate of drug-likeness (QED) is 0.514. The van der Waals surface area contributed by atoms with Gasteiger partial charge < -0.3 is 10.3 Å². The fourth-order valence-corrected chi connectivity index (χ4v) is 1.11. The van der Waals surface area contributed by atoms with E-state index in [1.165, 1.54) is 0 Å². The zero-order valence-electron chi connectivity index (χ0n) is 6.15. The molecule has 1 atom stereocenters. The Morgan fingerprint density at radius 2 is 2.33 bits per heavy atom. The highest BCUT2D eigenvalue weighted by Gasteiger charge is 2.16. The summed E-state index contributed by atoms with van der Waals surface area (Å²) in [5, 5.41) is 7.48.